The first-order chi connectivity index (χ1) is 21.3. The molecule has 2 aromatic rings. The molecule has 238 valence electrons. The lowest BCUT2D eigenvalue weighted by atomic mass is 9.96. The smallest absolute Gasteiger partial charge is 0.410 e. The van der Waals surface area contributed by atoms with Crippen molar-refractivity contribution in [2.45, 2.75) is 83.4 Å². The maximum atomic E-state index is 13.9. The van der Waals surface area contributed by atoms with Gasteiger partial charge in [0.1, 0.15) is 0 Å². The van der Waals surface area contributed by atoms with E-state index in [0.717, 1.165) is 48.9 Å². The normalized spacial score (nSPS) is 18.9. The summed E-state index contributed by atoms with van der Waals surface area (Å²) in [5, 5.41) is 3.06. The SMILES string of the molecule is CCc1ccc(C[C@@H](OC(=O)N2CCC(N3CCc4ccccc4NC3=O)CC2)C(=O)N2CCC(N(C)C)CC2)cc1CC. The number of anilines is 1. The van der Waals surface area contributed by atoms with Gasteiger partial charge in [0, 0.05) is 56.9 Å². The highest BCUT2D eigenvalue weighted by Gasteiger charge is 2.35. The molecule has 9 heteroatoms. The van der Waals surface area contributed by atoms with E-state index in [1.54, 1.807) is 4.90 Å². The summed E-state index contributed by atoms with van der Waals surface area (Å²) in [6.07, 6.45) is 4.89. The summed E-state index contributed by atoms with van der Waals surface area (Å²) in [5.74, 6) is -0.108. The molecule has 5 rings (SSSR count). The van der Waals surface area contributed by atoms with Crippen LogP contribution >= 0.6 is 0 Å². The minimum atomic E-state index is -0.872. The van der Waals surface area contributed by atoms with Gasteiger partial charge in [-0.05, 0) is 87.4 Å². The zero-order valence-corrected chi connectivity index (χ0v) is 26.9. The minimum Gasteiger partial charge on any atom is -0.436 e. The third-order valence-electron chi connectivity index (χ3n) is 9.78. The molecule has 1 atom stereocenters. The number of likely N-dealkylation sites (tertiary alicyclic amines) is 2. The maximum absolute atomic E-state index is 13.9. The van der Waals surface area contributed by atoms with Crippen LogP contribution < -0.4 is 5.32 Å². The maximum Gasteiger partial charge on any atom is 0.410 e. The highest BCUT2D eigenvalue weighted by Crippen LogP contribution is 2.26. The minimum absolute atomic E-state index is 0.0494. The molecule has 0 saturated carbocycles. The van der Waals surface area contributed by atoms with Gasteiger partial charge in [0.25, 0.3) is 5.91 Å². The summed E-state index contributed by atoms with van der Waals surface area (Å²) in [6.45, 7) is 7.25. The van der Waals surface area contributed by atoms with Crippen molar-refractivity contribution in [2.75, 3.05) is 52.1 Å². The molecule has 1 N–H and O–H groups in total. The fraction of sp³-hybridized carbons (Fsp3) is 0.571. The first-order valence-corrected chi connectivity index (χ1v) is 16.4. The summed E-state index contributed by atoms with van der Waals surface area (Å²) < 4.78 is 6.07. The molecule has 0 aliphatic carbocycles. The van der Waals surface area contributed by atoms with Crippen molar-refractivity contribution >= 4 is 23.7 Å². The fourth-order valence-corrected chi connectivity index (χ4v) is 6.97. The van der Waals surface area contributed by atoms with Crippen LogP contribution in [0.1, 0.15) is 61.8 Å². The van der Waals surface area contributed by atoms with Gasteiger partial charge in [0.05, 0.1) is 0 Å². The number of para-hydroxylation sites is 1. The van der Waals surface area contributed by atoms with Crippen LogP contribution in [0.15, 0.2) is 42.5 Å². The summed E-state index contributed by atoms with van der Waals surface area (Å²) in [6, 6.07) is 14.7. The predicted molar refractivity (Wildman–Crippen MR) is 173 cm³/mol. The Morgan fingerprint density at radius 2 is 1.59 bits per heavy atom. The Balaban J connectivity index is 1.23. The van der Waals surface area contributed by atoms with Crippen LogP contribution in [0, 0.1) is 0 Å². The zero-order chi connectivity index (χ0) is 31.2. The fourth-order valence-electron chi connectivity index (χ4n) is 6.97. The van der Waals surface area contributed by atoms with Gasteiger partial charge >= 0.3 is 12.1 Å². The topological polar surface area (TPSA) is 85.4 Å². The van der Waals surface area contributed by atoms with Crippen molar-refractivity contribution in [3.8, 4) is 0 Å². The number of ether oxygens (including phenoxy) is 1. The third-order valence-corrected chi connectivity index (χ3v) is 9.78. The molecule has 44 heavy (non-hydrogen) atoms. The Morgan fingerprint density at radius 1 is 0.909 bits per heavy atom. The Bertz CT molecular complexity index is 1310. The first kappa shape index (κ1) is 31.8. The number of carbonyl (C=O) groups excluding carboxylic acids is 3. The third kappa shape index (κ3) is 7.37. The first-order valence-electron chi connectivity index (χ1n) is 16.4. The van der Waals surface area contributed by atoms with Crippen molar-refractivity contribution in [3.05, 3.63) is 64.7 Å². The van der Waals surface area contributed by atoms with E-state index in [0.29, 0.717) is 58.0 Å². The van der Waals surface area contributed by atoms with E-state index in [2.05, 4.69) is 62.4 Å². The largest absolute Gasteiger partial charge is 0.436 e. The summed E-state index contributed by atoms with van der Waals surface area (Å²) in [7, 11) is 4.17. The second kappa shape index (κ2) is 14.5. The second-order valence-corrected chi connectivity index (χ2v) is 12.7. The zero-order valence-electron chi connectivity index (χ0n) is 26.9. The van der Waals surface area contributed by atoms with Crippen LogP contribution in [-0.2, 0) is 35.2 Å². The van der Waals surface area contributed by atoms with Crippen LogP contribution in [0.5, 0.6) is 0 Å². The quantitative estimate of drug-likeness (QED) is 0.461. The van der Waals surface area contributed by atoms with Crippen LogP contribution in [0.3, 0.4) is 0 Å². The summed E-state index contributed by atoms with van der Waals surface area (Å²) in [4.78, 5) is 48.2. The number of rotatable bonds is 8. The number of carbonyl (C=O) groups is 3. The number of hydrogen-bond acceptors (Lipinski definition) is 5. The lowest BCUT2D eigenvalue weighted by Crippen LogP contribution is -2.52. The van der Waals surface area contributed by atoms with Gasteiger partial charge in [0.2, 0.25) is 0 Å². The molecule has 0 spiro atoms. The lowest BCUT2D eigenvalue weighted by molar-refractivity contribution is -0.142. The van der Waals surface area contributed by atoms with Crippen LogP contribution in [0.25, 0.3) is 0 Å². The Labute approximate surface area is 262 Å². The molecule has 3 aliphatic rings. The number of nitrogens with zero attached hydrogens (tertiary/aromatic N) is 4. The van der Waals surface area contributed by atoms with Crippen molar-refractivity contribution in [1.82, 2.24) is 19.6 Å². The van der Waals surface area contributed by atoms with E-state index in [1.807, 2.05) is 28.0 Å². The second-order valence-electron chi connectivity index (χ2n) is 12.7. The summed E-state index contributed by atoms with van der Waals surface area (Å²) in [5.41, 5.74) is 5.61. The van der Waals surface area contributed by atoms with E-state index >= 15 is 0 Å². The standard InChI is InChI=1S/C35H49N5O4/c1-5-26-12-11-25(23-27(26)6-2)24-32(33(41)38-18-14-29(15-19-38)37(3)4)44-35(43)39-20-16-30(17-21-39)40-22-13-28-9-7-8-10-31(28)36-34(40)42/h7-12,23,29-30,32H,5-6,13-22,24H2,1-4H3,(H,36,42)/t32-/m1/s1. The van der Waals surface area contributed by atoms with Crippen molar-refractivity contribution in [1.29, 1.82) is 0 Å². The van der Waals surface area contributed by atoms with Gasteiger partial charge in [-0.25, -0.2) is 9.59 Å². The number of nitrogens with one attached hydrogen (secondary N) is 1. The van der Waals surface area contributed by atoms with Gasteiger partial charge in [-0.15, -0.1) is 0 Å². The van der Waals surface area contributed by atoms with Gasteiger partial charge in [-0.3, -0.25) is 4.79 Å². The molecular weight excluding hydrogens is 554 g/mol. The van der Waals surface area contributed by atoms with Crippen LogP contribution in [-0.4, -0.2) is 103 Å². The van der Waals surface area contributed by atoms with Crippen LogP contribution in [0.2, 0.25) is 0 Å². The number of hydrogen-bond donors (Lipinski definition) is 1. The number of benzene rings is 2. The molecule has 0 unspecified atom stereocenters. The van der Waals surface area contributed by atoms with E-state index in [9.17, 15) is 14.4 Å². The number of aryl methyl sites for hydroxylation is 2. The van der Waals surface area contributed by atoms with Crippen molar-refractivity contribution in [3.63, 3.8) is 0 Å². The van der Waals surface area contributed by atoms with E-state index in [4.69, 9.17) is 4.74 Å². The number of piperidine rings is 2. The lowest BCUT2D eigenvalue weighted by Gasteiger charge is -2.39. The molecule has 9 nitrogen and oxygen atoms in total. The molecule has 2 fully saturated rings. The molecular formula is C35H49N5O4. The average molecular weight is 604 g/mol. The number of urea groups is 1. The molecule has 0 bridgehead atoms. The summed E-state index contributed by atoms with van der Waals surface area (Å²) >= 11 is 0. The van der Waals surface area contributed by atoms with Gasteiger partial charge < -0.3 is 29.7 Å². The average Bonchev–Trinajstić information content (AvgIpc) is 3.22. The van der Waals surface area contributed by atoms with E-state index in [1.165, 1.54) is 11.1 Å². The molecule has 2 aromatic carbocycles. The van der Waals surface area contributed by atoms with E-state index in [-0.39, 0.29) is 18.0 Å². The molecule has 2 saturated heterocycles. The van der Waals surface area contributed by atoms with Crippen molar-refractivity contribution in [2.24, 2.45) is 0 Å². The van der Waals surface area contributed by atoms with Crippen molar-refractivity contribution < 1.29 is 19.1 Å². The Morgan fingerprint density at radius 3 is 2.27 bits per heavy atom. The Hall–Kier alpha value is -3.59. The Kier molecular flexibility index (Phi) is 10.5. The molecule has 3 aliphatic heterocycles. The molecule has 3 heterocycles. The molecule has 4 amide bonds. The molecule has 0 radical (unpaired) electrons. The highest BCUT2D eigenvalue weighted by molar-refractivity contribution is 5.91. The van der Waals surface area contributed by atoms with Gasteiger partial charge in [-0.2, -0.15) is 0 Å². The monoisotopic (exact) mass is 603 g/mol. The van der Waals surface area contributed by atoms with Crippen LogP contribution in [0.4, 0.5) is 15.3 Å². The van der Waals surface area contributed by atoms with E-state index < -0.39 is 12.2 Å². The van der Waals surface area contributed by atoms with Gasteiger partial charge in [-0.1, -0.05) is 50.2 Å². The highest BCUT2D eigenvalue weighted by atomic mass is 16.6. The molecule has 0 aromatic heterocycles. The number of amides is 4. The predicted octanol–water partition coefficient (Wildman–Crippen LogP) is 4.97. The van der Waals surface area contributed by atoms with Gasteiger partial charge in [0.15, 0.2) is 6.10 Å². The number of fused-ring (bicyclic) bond motifs is 1.